The summed E-state index contributed by atoms with van der Waals surface area (Å²) in [5, 5.41) is 9.70. The number of carbonyl (C=O) groups is 1. The summed E-state index contributed by atoms with van der Waals surface area (Å²) in [6.45, 7) is 1.63. The summed E-state index contributed by atoms with van der Waals surface area (Å²) in [6, 6.07) is 2.31. The number of rotatable bonds is 4. The maximum atomic E-state index is 12.3. The van der Waals surface area contributed by atoms with Crippen molar-refractivity contribution in [1.29, 1.82) is 5.26 Å². The molecular formula is C21H27N3O2. The van der Waals surface area contributed by atoms with E-state index in [1.54, 1.807) is 0 Å². The van der Waals surface area contributed by atoms with Gasteiger partial charge in [0.15, 0.2) is 6.61 Å². The summed E-state index contributed by atoms with van der Waals surface area (Å²) in [5.41, 5.74) is 4.14. The van der Waals surface area contributed by atoms with Crippen molar-refractivity contribution >= 4 is 5.91 Å². The van der Waals surface area contributed by atoms with Crippen molar-refractivity contribution in [1.82, 2.24) is 9.88 Å². The maximum Gasteiger partial charge on any atom is 0.260 e. The van der Waals surface area contributed by atoms with Crippen LogP contribution in [0.2, 0.25) is 0 Å². The van der Waals surface area contributed by atoms with Crippen LogP contribution in [-0.2, 0) is 17.6 Å². The van der Waals surface area contributed by atoms with E-state index in [0.29, 0.717) is 17.4 Å². The molecule has 2 aliphatic carbocycles. The van der Waals surface area contributed by atoms with E-state index < -0.39 is 0 Å². The highest BCUT2D eigenvalue weighted by molar-refractivity contribution is 5.78. The summed E-state index contributed by atoms with van der Waals surface area (Å²) < 4.78 is 5.83. The second-order valence-corrected chi connectivity index (χ2v) is 7.81. The van der Waals surface area contributed by atoms with Crippen LogP contribution in [0.15, 0.2) is 0 Å². The number of ether oxygens (including phenoxy) is 1. The molecule has 5 heteroatoms. The van der Waals surface area contributed by atoms with Crippen LogP contribution in [0.1, 0.15) is 79.7 Å². The number of hydrogen-bond donors (Lipinski definition) is 0. The van der Waals surface area contributed by atoms with Gasteiger partial charge in [0, 0.05) is 19.0 Å². The SMILES string of the molecule is N#Cc1c(OCC(=O)N2CCCC2)nc(C2CCCCC2)c2c1CCC2. The predicted octanol–water partition coefficient (Wildman–Crippen LogP) is 3.49. The summed E-state index contributed by atoms with van der Waals surface area (Å²) in [7, 11) is 0. The zero-order chi connectivity index (χ0) is 17.9. The Hall–Kier alpha value is -2.09. The van der Waals surface area contributed by atoms with E-state index in [0.717, 1.165) is 56.5 Å². The van der Waals surface area contributed by atoms with Gasteiger partial charge in [0.25, 0.3) is 5.91 Å². The van der Waals surface area contributed by atoms with Crippen molar-refractivity contribution in [2.45, 2.75) is 70.1 Å². The highest BCUT2D eigenvalue weighted by atomic mass is 16.5. The third-order valence-electron chi connectivity index (χ3n) is 6.16. The van der Waals surface area contributed by atoms with E-state index in [9.17, 15) is 10.1 Å². The fourth-order valence-electron chi connectivity index (χ4n) is 4.79. The fraction of sp³-hybridized carbons (Fsp3) is 0.667. The average Bonchev–Trinajstić information content (AvgIpc) is 3.37. The lowest BCUT2D eigenvalue weighted by atomic mass is 9.84. The monoisotopic (exact) mass is 353 g/mol. The number of aromatic nitrogens is 1. The second kappa shape index (κ2) is 7.65. The average molecular weight is 353 g/mol. The molecule has 5 nitrogen and oxygen atoms in total. The van der Waals surface area contributed by atoms with Crippen molar-refractivity contribution in [3.63, 3.8) is 0 Å². The number of amides is 1. The number of nitrogens with zero attached hydrogens (tertiary/aromatic N) is 3. The molecule has 1 aromatic heterocycles. The van der Waals surface area contributed by atoms with Gasteiger partial charge in [-0.15, -0.1) is 0 Å². The number of likely N-dealkylation sites (tertiary alicyclic amines) is 1. The smallest absolute Gasteiger partial charge is 0.260 e. The van der Waals surface area contributed by atoms with Crippen LogP contribution in [0.4, 0.5) is 0 Å². The summed E-state index contributed by atoms with van der Waals surface area (Å²) in [4.78, 5) is 19.0. The molecule has 26 heavy (non-hydrogen) atoms. The first-order valence-corrected chi connectivity index (χ1v) is 10.1. The number of pyridine rings is 1. The highest BCUT2D eigenvalue weighted by Gasteiger charge is 2.29. The van der Waals surface area contributed by atoms with Crippen LogP contribution in [0.5, 0.6) is 5.88 Å². The number of nitriles is 1. The van der Waals surface area contributed by atoms with Crippen LogP contribution in [-0.4, -0.2) is 35.5 Å². The zero-order valence-corrected chi connectivity index (χ0v) is 15.4. The van der Waals surface area contributed by atoms with Crippen LogP contribution in [0.3, 0.4) is 0 Å². The largest absolute Gasteiger partial charge is 0.467 e. The Balaban J connectivity index is 1.60. The van der Waals surface area contributed by atoms with Crippen LogP contribution in [0, 0.1) is 11.3 Å². The molecule has 0 spiro atoms. The highest BCUT2D eigenvalue weighted by Crippen LogP contribution is 2.40. The number of fused-ring (bicyclic) bond motifs is 1. The van der Waals surface area contributed by atoms with Gasteiger partial charge in [0.05, 0.1) is 5.69 Å². The first-order valence-electron chi connectivity index (χ1n) is 10.1. The van der Waals surface area contributed by atoms with Gasteiger partial charge < -0.3 is 9.64 Å². The lowest BCUT2D eigenvalue weighted by molar-refractivity contribution is -0.132. The van der Waals surface area contributed by atoms with Crippen LogP contribution < -0.4 is 4.74 Å². The molecule has 1 aromatic rings. The third-order valence-corrected chi connectivity index (χ3v) is 6.16. The molecule has 0 unspecified atom stereocenters. The molecule has 3 aliphatic rings. The van der Waals surface area contributed by atoms with Crippen molar-refractivity contribution in [2.24, 2.45) is 0 Å². The minimum atomic E-state index is -0.00935. The normalized spacial score (nSPS) is 20.0. The van der Waals surface area contributed by atoms with Crippen molar-refractivity contribution in [3.8, 4) is 11.9 Å². The van der Waals surface area contributed by atoms with Gasteiger partial charge in [-0.25, -0.2) is 4.98 Å². The van der Waals surface area contributed by atoms with E-state index >= 15 is 0 Å². The van der Waals surface area contributed by atoms with Crippen LogP contribution >= 0.6 is 0 Å². The van der Waals surface area contributed by atoms with E-state index in [-0.39, 0.29) is 12.5 Å². The molecular weight excluding hydrogens is 326 g/mol. The van der Waals surface area contributed by atoms with E-state index in [1.165, 1.54) is 37.7 Å². The van der Waals surface area contributed by atoms with Gasteiger partial charge in [0.1, 0.15) is 11.6 Å². The lowest BCUT2D eigenvalue weighted by Gasteiger charge is -2.24. The van der Waals surface area contributed by atoms with E-state index in [1.807, 2.05) is 4.90 Å². The Morgan fingerprint density at radius 1 is 1.08 bits per heavy atom. The Labute approximate surface area is 155 Å². The van der Waals surface area contributed by atoms with Crippen LogP contribution in [0.25, 0.3) is 0 Å². The molecule has 2 heterocycles. The minimum absolute atomic E-state index is 0.00732. The molecule has 1 saturated heterocycles. The maximum absolute atomic E-state index is 12.3. The van der Waals surface area contributed by atoms with E-state index in [2.05, 4.69) is 6.07 Å². The van der Waals surface area contributed by atoms with Gasteiger partial charge in [-0.1, -0.05) is 19.3 Å². The van der Waals surface area contributed by atoms with Gasteiger partial charge in [-0.05, 0) is 56.1 Å². The standard InChI is InChI=1S/C21H27N3O2/c22-13-18-16-9-6-10-17(16)20(15-7-2-1-3-8-15)23-21(18)26-14-19(25)24-11-4-5-12-24/h15H,1-12,14H2. The molecule has 1 saturated carbocycles. The van der Waals surface area contributed by atoms with Gasteiger partial charge in [0.2, 0.25) is 5.88 Å². The third kappa shape index (κ3) is 3.30. The fourth-order valence-corrected chi connectivity index (χ4v) is 4.79. The van der Waals surface area contributed by atoms with Crippen molar-refractivity contribution < 1.29 is 9.53 Å². The first-order chi connectivity index (χ1) is 12.8. The van der Waals surface area contributed by atoms with Gasteiger partial charge in [-0.3, -0.25) is 4.79 Å². The molecule has 1 amide bonds. The molecule has 0 N–H and O–H groups in total. The molecule has 2 fully saturated rings. The van der Waals surface area contributed by atoms with E-state index in [4.69, 9.17) is 9.72 Å². The summed E-state index contributed by atoms with van der Waals surface area (Å²) in [6.07, 6.45) is 11.3. The minimum Gasteiger partial charge on any atom is -0.467 e. The lowest BCUT2D eigenvalue weighted by Crippen LogP contribution is -2.32. The molecule has 0 atom stereocenters. The summed E-state index contributed by atoms with van der Waals surface area (Å²) >= 11 is 0. The zero-order valence-electron chi connectivity index (χ0n) is 15.4. The Kier molecular flexibility index (Phi) is 5.10. The molecule has 0 radical (unpaired) electrons. The molecule has 1 aliphatic heterocycles. The van der Waals surface area contributed by atoms with Crippen molar-refractivity contribution in [2.75, 3.05) is 19.7 Å². The number of hydrogen-bond acceptors (Lipinski definition) is 4. The van der Waals surface area contributed by atoms with Crippen molar-refractivity contribution in [3.05, 3.63) is 22.4 Å². The number of carbonyl (C=O) groups excluding carboxylic acids is 1. The molecule has 138 valence electrons. The van der Waals surface area contributed by atoms with Gasteiger partial charge >= 0.3 is 0 Å². The second-order valence-electron chi connectivity index (χ2n) is 7.81. The quantitative estimate of drug-likeness (QED) is 0.831. The summed E-state index contributed by atoms with van der Waals surface area (Å²) in [5.74, 6) is 0.883. The molecule has 0 bridgehead atoms. The van der Waals surface area contributed by atoms with Gasteiger partial charge in [-0.2, -0.15) is 5.26 Å². The Morgan fingerprint density at radius 3 is 2.54 bits per heavy atom. The Morgan fingerprint density at radius 2 is 1.81 bits per heavy atom. The first kappa shape index (κ1) is 17.3. The molecule has 4 rings (SSSR count). The Bertz CT molecular complexity index is 726. The predicted molar refractivity (Wildman–Crippen MR) is 98.1 cm³/mol. The molecule has 0 aromatic carbocycles. The topological polar surface area (TPSA) is 66.2 Å².